The van der Waals surface area contributed by atoms with Gasteiger partial charge < -0.3 is 20.1 Å². The molecule has 7 rings (SSSR count). The average molecular weight is 556 g/mol. The zero-order valence-corrected chi connectivity index (χ0v) is 22.6. The van der Waals surface area contributed by atoms with Crippen molar-refractivity contribution < 1.29 is 18.6 Å². The molecule has 2 bridgehead atoms. The van der Waals surface area contributed by atoms with Crippen molar-refractivity contribution in [2.75, 3.05) is 38.2 Å². The summed E-state index contributed by atoms with van der Waals surface area (Å²) in [5.41, 5.74) is 2.44. The molecule has 2 aromatic heterocycles. The van der Waals surface area contributed by atoms with Crippen molar-refractivity contribution >= 4 is 28.2 Å². The molecule has 1 saturated carbocycles. The highest BCUT2D eigenvalue weighted by Gasteiger charge is 2.35. The maximum atomic E-state index is 16.4. The number of likely N-dealkylation sites (N-methyl/N-ethyl adjacent to an activating group) is 1. The second kappa shape index (κ2) is 9.71. The summed E-state index contributed by atoms with van der Waals surface area (Å²) in [6.07, 6.45) is 5.37. The lowest BCUT2D eigenvalue weighted by Crippen LogP contribution is -2.51. The summed E-state index contributed by atoms with van der Waals surface area (Å²) < 4.78 is 36.5. The summed E-state index contributed by atoms with van der Waals surface area (Å²) in [6, 6.07) is 5.62. The number of nitrogens with zero attached hydrogens (tertiary/aromatic N) is 4. The molecule has 2 unspecified atom stereocenters. The van der Waals surface area contributed by atoms with Crippen LogP contribution in [0, 0.1) is 5.82 Å². The normalized spacial score (nSPS) is 27.0. The van der Waals surface area contributed by atoms with Gasteiger partial charge in [-0.25, -0.2) is 13.8 Å². The minimum atomic E-state index is -0.874. The summed E-state index contributed by atoms with van der Waals surface area (Å²) in [4.78, 5) is 13.4. The van der Waals surface area contributed by atoms with Gasteiger partial charge in [0.05, 0.1) is 5.69 Å². The summed E-state index contributed by atoms with van der Waals surface area (Å²) in [5.74, 6) is -0.0639. The zero-order valence-electron chi connectivity index (χ0n) is 21.8. The number of anilines is 1. The monoisotopic (exact) mass is 555 g/mol. The first-order valence-electron chi connectivity index (χ1n) is 13.8. The van der Waals surface area contributed by atoms with E-state index in [2.05, 4.69) is 20.2 Å². The molecule has 4 aliphatic rings. The molecule has 1 aromatic carbocycles. The third kappa shape index (κ3) is 4.68. The number of alkyl halides is 1. The molecule has 10 heteroatoms. The van der Waals surface area contributed by atoms with Gasteiger partial charge in [0.25, 0.3) is 0 Å². The second-order valence-electron chi connectivity index (χ2n) is 11.6. The fraction of sp³-hybridized carbons (Fsp3) is 0.517. The van der Waals surface area contributed by atoms with Gasteiger partial charge >= 0.3 is 0 Å². The SMILES string of the molecule is CN1C[C@H](F)C[C@H]1COc1cc(N2CC3CCC(C2)N3)c2cnc(-c3cc(O)cc(Cl)c3C3CC3)c(F)c2n1. The summed E-state index contributed by atoms with van der Waals surface area (Å²) in [7, 11) is 1.89. The van der Waals surface area contributed by atoms with E-state index in [-0.39, 0.29) is 35.5 Å². The lowest BCUT2D eigenvalue weighted by Gasteiger charge is -2.35. The van der Waals surface area contributed by atoms with Crippen molar-refractivity contribution in [3.63, 3.8) is 0 Å². The first-order valence-corrected chi connectivity index (χ1v) is 14.2. The number of benzene rings is 1. The van der Waals surface area contributed by atoms with Gasteiger partial charge in [0.1, 0.15) is 29.7 Å². The van der Waals surface area contributed by atoms with Crippen LogP contribution in [0.2, 0.25) is 5.02 Å². The van der Waals surface area contributed by atoms with Crippen LogP contribution in [0.25, 0.3) is 22.2 Å². The Morgan fingerprint density at radius 3 is 2.59 bits per heavy atom. The van der Waals surface area contributed by atoms with Crippen LogP contribution in [0.3, 0.4) is 0 Å². The van der Waals surface area contributed by atoms with E-state index in [9.17, 15) is 9.50 Å². The number of phenols is 1. The Morgan fingerprint density at radius 1 is 1.13 bits per heavy atom. The van der Waals surface area contributed by atoms with Crippen LogP contribution >= 0.6 is 11.6 Å². The minimum Gasteiger partial charge on any atom is -0.508 e. The topological polar surface area (TPSA) is 73.8 Å². The number of pyridine rings is 2. The van der Waals surface area contributed by atoms with E-state index >= 15 is 4.39 Å². The Balaban J connectivity index is 1.33. The first kappa shape index (κ1) is 25.2. The Kier molecular flexibility index (Phi) is 6.28. The predicted octanol–water partition coefficient (Wildman–Crippen LogP) is 5.03. The van der Waals surface area contributed by atoms with Crippen LogP contribution in [-0.2, 0) is 0 Å². The maximum absolute atomic E-state index is 16.4. The van der Waals surface area contributed by atoms with E-state index in [1.807, 2.05) is 18.0 Å². The molecule has 1 aliphatic carbocycles. The molecule has 3 aromatic rings. The van der Waals surface area contributed by atoms with Gasteiger partial charge in [0, 0.05) is 66.0 Å². The third-order valence-corrected chi connectivity index (χ3v) is 9.04. The number of piperazine rings is 1. The van der Waals surface area contributed by atoms with Gasteiger partial charge in [-0.2, -0.15) is 0 Å². The number of fused-ring (bicyclic) bond motifs is 3. The van der Waals surface area contributed by atoms with Gasteiger partial charge in [-0.1, -0.05) is 11.6 Å². The van der Waals surface area contributed by atoms with Gasteiger partial charge in [-0.05, 0) is 62.8 Å². The zero-order chi connectivity index (χ0) is 26.8. The van der Waals surface area contributed by atoms with Crippen LogP contribution in [0.4, 0.5) is 14.5 Å². The predicted molar refractivity (Wildman–Crippen MR) is 147 cm³/mol. The molecule has 4 atom stereocenters. The van der Waals surface area contributed by atoms with Gasteiger partial charge in [0.15, 0.2) is 5.82 Å². The highest BCUT2D eigenvalue weighted by Crippen LogP contribution is 2.49. The van der Waals surface area contributed by atoms with Crippen LogP contribution < -0.4 is 15.0 Å². The number of halogens is 3. The molecular weight excluding hydrogens is 524 g/mol. The van der Waals surface area contributed by atoms with Crippen LogP contribution in [0.15, 0.2) is 24.4 Å². The number of hydrogen-bond acceptors (Lipinski definition) is 7. The van der Waals surface area contributed by atoms with Crippen molar-refractivity contribution in [2.45, 2.75) is 62.3 Å². The molecule has 0 radical (unpaired) electrons. The number of aromatic nitrogens is 2. The van der Waals surface area contributed by atoms with Crippen molar-refractivity contribution in [3.05, 3.63) is 40.8 Å². The van der Waals surface area contributed by atoms with Gasteiger partial charge in [-0.15, -0.1) is 0 Å². The van der Waals surface area contributed by atoms with Crippen LogP contribution in [-0.4, -0.2) is 77.6 Å². The number of phenolic OH excluding ortho intramolecular Hbond substituents is 1. The molecule has 5 heterocycles. The largest absolute Gasteiger partial charge is 0.508 e. The standard InChI is InChI=1S/C29H32ClF2N5O2/c1-36-11-16(31)6-19(36)14-39-25-9-24(37-12-17-4-5-18(13-37)34-17)22-10-33-28(27(32)29(22)35-25)21-7-20(38)8-23(30)26(21)15-2-3-15/h7-10,15-19,34,38H,2-6,11-14H2,1H3/t16-,17?,18?,19+/m1/s1. The molecule has 39 heavy (non-hydrogen) atoms. The summed E-state index contributed by atoms with van der Waals surface area (Å²) >= 11 is 6.51. The first-order chi connectivity index (χ1) is 18.8. The fourth-order valence-electron chi connectivity index (χ4n) is 6.60. The smallest absolute Gasteiger partial charge is 0.216 e. The Labute approximate surface area is 231 Å². The van der Waals surface area contributed by atoms with E-state index in [1.165, 1.54) is 12.1 Å². The molecule has 2 N–H and O–H groups in total. The number of likely N-dealkylation sites (tertiary alicyclic amines) is 1. The van der Waals surface area contributed by atoms with E-state index in [0.717, 1.165) is 50.0 Å². The molecule has 3 aliphatic heterocycles. The fourth-order valence-corrected chi connectivity index (χ4v) is 6.97. The Hall–Kier alpha value is -2.75. The summed E-state index contributed by atoms with van der Waals surface area (Å²) in [5, 5.41) is 15.0. The average Bonchev–Trinajstić information content (AvgIpc) is 3.60. The number of aromatic hydroxyl groups is 1. The lowest BCUT2D eigenvalue weighted by molar-refractivity contribution is 0.193. The second-order valence-corrected chi connectivity index (χ2v) is 12.0. The molecule has 206 valence electrons. The van der Waals surface area contributed by atoms with E-state index in [1.54, 1.807) is 6.20 Å². The quantitative estimate of drug-likeness (QED) is 0.442. The number of rotatable bonds is 6. The summed E-state index contributed by atoms with van der Waals surface area (Å²) in [6.45, 7) is 2.27. The Morgan fingerprint density at radius 2 is 1.90 bits per heavy atom. The minimum absolute atomic E-state index is 0.0328. The molecule has 3 saturated heterocycles. The molecular formula is C29H32ClF2N5O2. The van der Waals surface area contributed by atoms with Crippen LogP contribution in [0.1, 0.15) is 43.6 Å². The number of nitrogens with one attached hydrogen (secondary N) is 1. The van der Waals surface area contributed by atoms with Crippen molar-refractivity contribution in [1.82, 2.24) is 20.2 Å². The van der Waals surface area contributed by atoms with Crippen molar-refractivity contribution in [3.8, 4) is 22.9 Å². The lowest BCUT2D eigenvalue weighted by atomic mass is 9.98. The number of hydrogen-bond donors (Lipinski definition) is 2. The van der Waals surface area contributed by atoms with E-state index in [4.69, 9.17) is 16.3 Å². The van der Waals surface area contributed by atoms with E-state index < -0.39 is 12.0 Å². The highest BCUT2D eigenvalue weighted by atomic mass is 35.5. The molecule has 0 spiro atoms. The van der Waals surface area contributed by atoms with Gasteiger partial charge in [0.2, 0.25) is 5.88 Å². The van der Waals surface area contributed by atoms with Crippen molar-refractivity contribution in [1.29, 1.82) is 0 Å². The Bertz CT molecular complexity index is 1420. The highest BCUT2D eigenvalue weighted by molar-refractivity contribution is 6.32. The van der Waals surface area contributed by atoms with Crippen molar-refractivity contribution in [2.24, 2.45) is 0 Å². The molecule has 4 fully saturated rings. The van der Waals surface area contributed by atoms with E-state index in [0.29, 0.717) is 46.9 Å². The number of ether oxygens (including phenoxy) is 1. The molecule has 7 nitrogen and oxygen atoms in total. The third-order valence-electron chi connectivity index (χ3n) is 8.72. The van der Waals surface area contributed by atoms with Crippen LogP contribution in [0.5, 0.6) is 11.6 Å². The molecule has 0 amide bonds. The maximum Gasteiger partial charge on any atom is 0.216 e. The van der Waals surface area contributed by atoms with Gasteiger partial charge in [-0.3, -0.25) is 9.88 Å².